The fraction of sp³-hybridized carbons (Fsp3) is 0.387. The van der Waals surface area contributed by atoms with Gasteiger partial charge in [-0.2, -0.15) is 23.7 Å². The molecule has 5 rings (SSSR count). The molecule has 0 amide bonds. The van der Waals surface area contributed by atoms with Crippen molar-refractivity contribution in [3.8, 4) is 12.1 Å². The zero-order valence-electron chi connectivity index (χ0n) is 24.3. The molecule has 1 saturated heterocycles. The Morgan fingerprint density at radius 1 is 1.18 bits per heavy atom. The fourth-order valence-corrected chi connectivity index (χ4v) is 6.48. The van der Waals surface area contributed by atoms with Crippen LogP contribution in [0.15, 0.2) is 58.5 Å². The van der Waals surface area contributed by atoms with Gasteiger partial charge in [-0.25, -0.2) is 19.3 Å². The van der Waals surface area contributed by atoms with E-state index >= 15 is 0 Å². The Bertz CT molecular complexity index is 1750. The molecule has 1 atom stereocenters. The first-order valence-corrected chi connectivity index (χ1v) is 14.2. The number of nitrogens with zero attached hydrogens (tertiary/aromatic N) is 6. The first-order valence-electron chi connectivity index (χ1n) is 14.2. The third-order valence-corrected chi connectivity index (χ3v) is 8.49. The maximum absolute atomic E-state index is 13.7. The number of aromatic amines is 1. The van der Waals surface area contributed by atoms with E-state index in [9.17, 15) is 28.0 Å². The number of anilines is 2. The number of H-pyrrole nitrogens is 1. The molecular formula is C31H31F3N7O3+. The summed E-state index contributed by atoms with van der Waals surface area (Å²) < 4.78 is 48.1. The van der Waals surface area contributed by atoms with Crippen LogP contribution >= 0.6 is 0 Å². The predicted octanol–water partition coefficient (Wildman–Crippen LogP) is 5.06. The number of likely N-dealkylation sites (tertiary alicyclic amines) is 1. The highest BCUT2D eigenvalue weighted by Gasteiger charge is 2.42. The van der Waals surface area contributed by atoms with Crippen molar-refractivity contribution in [1.29, 1.82) is 10.5 Å². The number of carbonyl (C=O) groups is 1. The molecule has 3 heterocycles. The number of hydrogen-bond acceptors (Lipinski definition) is 7. The van der Waals surface area contributed by atoms with Crippen molar-refractivity contribution in [2.75, 3.05) is 31.6 Å². The minimum atomic E-state index is -4.62. The van der Waals surface area contributed by atoms with Gasteiger partial charge >= 0.3 is 17.8 Å². The van der Waals surface area contributed by atoms with E-state index in [0.717, 1.165) is 50.2 Å². The average Bonchev–Trinajstić information content (AvgIpc) is 3.62. The first kappa shape index (κ1) is 30.6. The number of aromatic nitrogens is 3. The zero-order chi connectivity index (χ0) is 31.6. The number of hydrogen-bond donors (Lipinski definition) is 1. The molecule has 1 unspecified atom stereocenters. The second-order valence-electron chi connectivity index (χ2n) is 11.1. The molecule has 1 N–H and O–H groups in total. The summed E-state index contributed by atoms with van der Waals surface area (Å²) in [6.45, 7) is 4.59. The largest absolute Gasteiger partial charge is 0.466 e. The summed E-state index contributed by atoms with van der Waals surface area (Å²) in [7, 11) is 1.20. The molecule has 2 aliphatic heterocycles. The van der Waals surface area contributed by atoms with Crippen LogP contribution in [0.1, 0.15) is 60.9 Å². The highest BCUT2D eigenvalue weighted by Crippen LogP contribution is 2.44. The van der Waals surface area contributed by atoms with E-state index in [1.807, 2.05) is 0 Å². The number of rotatable bonds is 8. The molecule has 0 aliphatic carbocycles. The molecule has 0 spiro atoms. The number of nitriles is 2. The lowest BCUT2D eigenvalue weighted by Gasteiger charge is -2.38. The number of quaternary nitrogens is 1. The van der Waals surface area contributed by atoms with Crippen molar-refractivity contribution in [1.82, 2.24) is 14.8 Å². The molecule has 3 aromatic rings. The van der Waals surface area contributed by atoms with Crippen LogP contribution in [0.25, 0.3) is 0 Å². The number of ether oxygens (including phenoxy) is 1. The Labute approximate surface area is 251 Å². The molecule has 1 aromatic heterocycles. The summed E-state index contributed by atoms with van der Waals surface area (Å²) >= 11 is 0. The van der Waals surface area contributed by atoms with E-state index < -0.39 is 29.4 Å². The van der Waals surface area contributed by atoms with Gasteiger partial charge in [-0.15, -0.1) is 5.10 Å². The van der Waals surface area contributed by atoms with Gasteiger partial charge in [-0.05, 0) is 42.8 Å². The summed E-state index contributed by atoms with van der Waals surface area (Å²) in [5, 5.41) is 25.5. The van der Waals surface area contributed by atoms with Crippen molar-refractivity contribution < 1.29 is 27.2 Å². The second-order valence-corrected chi connectivity index (χ2v) is 11.1. The Kier molecular flexibility index (Phi) is 8.35. The Morgan fingerprint density at radius 2 is 1.93 bits per heavy atom. The van der Waals surface area contributed by atoms with E-state index in [2.05, 4.69) is 22.3 Å². The van der Waals surface area contributed by atoms with Gasteiger partial charge in [0, 0.05) is 42.6 Å². The normalized spacial score (nSPS) is 17.6. The lowest BCUT2D eigenvalue weighted by Crippen LogP contribution is -2.46. The number of methoxy groups -OCH3 is 1. The molecule has 10 nitrogen and oxygen atoms in total. The van der Waals surface area contributed by atoms with E-state index in [0.29, 0.717) is 35.0 Å². The van der Waals surface area contributed by atoms with Crippen LogP contribution in [0.4, 0.5) is 24.8 Å². The van der Waals surface area contributed by atoms with Crippen LogP contribution in [0.2, 0.25) is 0 Å². The van der Waals surface area contributed by atoms with Crippen LogP contribution in [-0.2, 0) is 22.3 Å². The molecule has 2 aliphatic rings. The second kappa shape index (κ2) is 12.0. The van der Waals surface area contributed by atoms with Crippen molar-refractivity contribution in [3.05, 3.63) is 86.5 Å². The maximum atomic E-state index is 13.7. The van der Waals surface area contributed by atoms with E-state index in [1.54, 1.807) is 25.1 Å². The van der Waals surface area contributed by atoms with Crippen molar-refractivity contribution in [3.63, 3.8) is 0 Å². The number of benzene rings is 2. The van der Waals surface area contributed by atoms with Gasteiger partial charge in [0.15, 0.2) is 0 Å². The number of nitrogens with one attached hydrogen (secondary N) is 1. The van der Waals surface area contributed by atoms with Gasteiger partial charge in [0.2, 0.25) is 5.95 Å². The summed E-state index contributed by atoms with van der Waals surface area (Å²) in [6, 6.07) is 12.9. The molecule has 2 aromatic carbocycles. The predicted molar refractivity (Wildman–Crippen MR) is 153 cm³/mol. The van der Waals surface area contributed by atoms with Gasteiger partial charge in [-0.3, -0.25) is 4.90 Å². The van der Waals surface area contributed by atoms with E-state index in [-0.39, 0.29) is 22.9 Å². The number of alkyl halides is 3. The Hall–Kier alpha value is -4.88. The molecule has 44 heavy (non-hydrogen) atoms. The molecule has 0 bridgehead atoms. The van der Waals surface area contributed by atoms with Crippen molar-refractivity contribution in [2.45, 2.75) is 51.4 Å². The molecular weight excluding hydrogens is 575 g/mol. The Morgan fingerprint density at radius 3 is 2.59 bits per heavy atom. The fourth-order valence-electron chi connectivity index (χ4n) is 6.48. The molecule has 228 valence electrons. The smallest absolute Gasteiger partial charge is 0.416 e. The highest BCUT2D eigenvalue weighted by atomic mass is 19.4. The minimum Gasteiger partial charge on any atom is -0.466 e. The average molecular weight is 607 g/mol. The number of halogens is 3. The summed E-state index contributed by atoms with van der Waals surface area (Å²) in [6.07, 6.45) is -1.49. The van der Waals surface area contributed by atoms with Crippen LogP contribution in [0.5, 0.6) is 0 Å². The highest BCUT2D eigenvalue weighted by molar-refractivity contribution is 5.93. The summed E-state index contributed by atoms with van der Waals surface area (Å²) in [5.41, 5.74) is 0.475. The van der Waals surface area contributed by atoms with Crippen LogP contribution in [-0.4, -0.2) is 52.0 Å². The number of carbonyl (C=O) groups excluding carboxylic acids is 1. The van der Waals surface area contributed by atoms with Gasteiger partial charge in [-0.1, -0.05) is 12.1 Å². The summed E-state index contributed by atoms with van der Waals surface area (Å²) in [4.78, 5) is 28.2. The van der Waals surface area contributed by atoms with Crippen molar-refractivity contribution in [2.24, 2.45) is 0 Å². The van der Waals surface area contributed by atoms with Crippen molar-refractivity contribution >= 4 is 17.6 Å². The standard InChI is InChI=1S/C31H30F3N7O3/c1-20-26(28(42)44-2)27(40-29(37-38-30(40)43)39(20)24-9-7-8-23(17-24)31(32,33)34)25-11-10-21(18-36)16-22(25)19-41(13-4-3-12-35)14-5-6-15-41/h7-11,16-17,27H,3-6,13-15,19H2,1-2H3/p+1. The summed E-state index contributed by atoms with van der Waals surface area (Å²) in [5.74, 6) is -0.767. The molecule has 13 heteroatoms. The monoisotopic (exact) mass is 606 g/mol. The third-order valence-electron chi connectivity index (χ3n) is 8.49. The third kappa shape index (κ3) is 5.58. The Balaban J connectivity index is 1.72. The lowest BCUT2D eigenvalue weighted by atomic mass is 9.89. The lowest BCUT2D eigenvalue weighted by molar-refractivity contribution is -0.929. The minimum absolute atomic E-state index is 0.00104. The molecule has 0 radical (unpaired) electrons. The number of allylic oxidation sites excluding steroid dienone is 1. The molecule has 1 fully saturated rings. The van der Waals surface area contributed by atoms with Gasteiger partial charge in [0.1, 0.15) is 12.6 Å². The van der Waals surface area contributed by atoms with Crippen LogP contribution < -0.4 is 10.6 Å². The maximum Gasteiger partial charge on any atom is 0.416 e. The topological polar surface area (TPSA) is 128 Å². The zero-order valence-corrected chi connectivity index (χ0v) is 24.3. The number of fused-ring (bicyclic) bond motifs is 1. The van der Waals surface area contributed by atoms with Crippen LogP contribution in [0.3, 0.4) is 0 Å². The first-order chi connectivity index (χ1) is 21.0. The SMILES string of the molecule is COC(=O)C1=C(C)N(c2cccc(C(F)(F)F)c2)c2n[nH]c(=O)n2C1c1ccc(C#N)cc1C[N+]1(CCCC#N)CCCC1. The van der Waals surface area contributed by atoms with Gasteiger partial charge in [0.25, 0.3) is 0 Å². The van der Waals surface area contributed by atoms with E-state index in [1.165, 1.54) is 28.7 Å². The van der Waals surface area contributed by atoms with Crippen LogP contribution in [0, 0.1) is 22.7 Å². The van der Waals surface area contributed by atoms with Gasteiger partial charge < -0.3 is 9.22 Å². The number of esters is 1. The number of unbranched alkanes of at least 4 members (excludes halogenated alkanes) is 1. The van der Waals surface area contributed by atoms with E-state index in [4.69, 9.17) is 10.00 Å². The molecule has 0 saturated carbocycles. The van der Waals surface area contributed by atoms with Gasteiger partial charge in [0.05, 0.1) is 55.6 Å². The quantitative estimate of drug-likeness (QED) is 0.216.